The molecule has 0 saturated carbocycles. The van der Waals surface area contributed by atoms with Crippen molar-refractivity contribution in [2.45, 2.75) is 33.3 Å². The Hall–Kier alpha value is -2.05. The van der Waals surface area contributed by atoms with E-state index in [1.165, 1.54) is 0 Å². The Labute approximate surface area is 114 Å². The van der Waals surface area contributed by atoms with E-state index in [0.717, 1.165) is 0 Å². The maximum absolute atomic E-state index is 13.1. The van der Waals surface area contributed by atoms with Crippen molar-refractivity contribution in [2.24, 2.45) is 5.92 Å². The standard InChI is InChI=1S/C13H15F2NO4/c1-7(2)4-8(3)20-13(17)9-5-10(14)11(15)6-12(9)16(18)19/h5-8H,4H2,1-3H3. The molecule has 0 aliphatic carbocycles. The number of hydrogen-bond donors (Lipinski definition) is 0. The van der Waals surface area contributed by atoms with Crippen LogP contribution in [0.25, 0.3) is 0 Å². The molecule has 0 heterocycles. The van der Waals surface area contributed by atoms with Gasteiger partial charge in [0, 0.05) is 0 Å². The smallest absolute Gasteiger partial charge is 0.345 e. The Morgan fingerprint density at radius 2 is 1.85 bits per heavy atom. The molecule has 0 aliphatic heterocycles. The summed E-state index contributed by atoms with van der Waals surface area (Å²) in [5.41, 5.74) is -1.41. The van der Waals surface area contributed by atoms with E-state index in [0.29, 0.717) is 18.6 Å². The number of carbonyl (C=O) groups excluding carboxylic acids is 1. The highest BCUT2D eigenvalue weighted by Crippen LogP contribution is 2.24. The van der Waals surface area contributed by atoms with Gasteiger partial charge in [0.15, 0.2) is 11.6 Å². The van der Waals surface area contributed by atoms with E-state index in [1.54, 1.807) is 6.92 Å². The second-order valence-electron chi connectivity index (χ2n) is 4.89. The van der Waals surface area contributed by atoms with Gasteiger partial charge in [0.1, 0.15) is 5.56 Å². The molecule has 5 nitrogen and oxygen atoms in total. The zero-order valence-electron chi connectivity index (χ0n) is 11.4. The zero-order valence-corrected chi connectivity index (χ0v) is 11.4. The van der Waals surface area contributed by atoms with E-state index in [9.17, 15) is 23.7 Å². The van der Waals surface area contributed by atoms with Crippen LogP contribution in [0.2, 0.25) is 0 Å². The lowest BCUT2D eigenvalue weighted by atomic mass is 10.1. The van der Waals surface area contributed by atoms with Crippen LogP contribution < -0.4 is 0 Å². The lowest BCUT2D eigenvalue weighted by Crippen LogP contribution is -2.18. The third kappa shape index (κ3) is 3.97. The first-order valence-electron chi connectivity index (χ1n) is 6.06. The van der Waals surface area contributed by atoms with E-state index >= 15 is 0 Å². The first-order valence-corrected chi connectivity index (χ1v) is 6.06. The zero-order chi connectivity index (χ0) is 15.4. The van der Waals surface area contributed by atoms with Gasteiger partial charge in [0.25, 0.3) is 5.69 Å². The van der Waals surface area contributed by atoms with Crippen molar-refractivity contribution in [3.8, 4) is 0 Å². The molecule has 110 valence electrons. The third-order valence-corrected chi connectivity index (χ3v) is 2.57. The molecule has 20 heavy (non-hydrogen) atoms. The summed E-state index contributed by atoms with van der Waals surface area (Å²) in [6.45, 7) is 5.47. The Morgan fingerprint density at radius 1 is 1.30 bits per heavy atom. The van der Waals surface area contributed by atoms with Crippen LogP contribution in [0.5, 0.6) is 0 Å². The van der Waals surface area contributed by atoms with Crippen molar-refractivity contribution >= 4 is 11.7 Å². The molecule has 0 bridgehead atoms. The molecule has 1 atom stereocenters. The number of carbonyl (C=O) groups is 1. The van der Waals surface area contributed by atoms with Gasteiger partial charge in [-0.25, -0.2) is 13.6 Å². The van der Waals surface area contributed by atoms with E-state index in [-0.39, 0.29) is 5.92 Å². The number of nitro benzene ring substituents is 1. The van der Waals surface area contributed by atoms with E-state index in [4.69, 9.17) is 4.74 Å². The number of nitro groups is 1. The van der Waals surface area contributed by atoms with Crippen LogP contribution in [0.3, 0.4) is 0 Å². The summed E-state index contributed by atoms with van der Waals surface area (Å²) in [6.07, 6.45) is 0.0821. The minimum Gasteiger partial charge on any atom is -0.459 e. The van der Waals surface area contributed by atoms with Crippen molar-refractivity contribution in [1.29, 1.82) is 0 Å². The maximum Gasteiger partial charge on any atom is 0.345 e. The predicted octanol–water partition coefficient (Wildman–Crippen LogP) is 3.46. The van der Waals surface area contributed by atoms with E-state index in [1.807, 2.05) is 13.8 Å². The van der Waals surface area contributed by atoms with Gasteiger partial charge in [-0.15, -0.1) is 0 Å². The molecule has 1 rings (SSSR count). The summed E-state index contributed by atoms with van der Waals surface area (Å²) >= 11 is 0. The first kappa shape index (κ1) is 16.0. The topological polar surface area (TPSA) is 69.4 Å². The molecule has 0 fully saturated rings. The van der Waals surface area contributed by atoms with Crippen molar-refractivity contribution < 1.29 is 23.2 Å². The van der Waals surface area contributed by atoms with Crippen molar-refractivity contribution in [3.05, 3.63) is 39.4 Å². The summed E-state index contributed by atoms with van der Waals surface area (Å²) in [5.74, 6) is -3.50. The molecule has 1 aromatic rings. The SMILES string of the molecule is CC(C)CC(C)OC(=O)c1cc(F)c(F)cc1[N+](=O)[O-]. The van der Waals surface area contributed by atoms with Crippen LogP contribution in [0.15, 0.2) is 12.1 Å². The number of benzene rings is 1. The Kier molecular flexibility index (Phi) is 5.12. The molecular weight excluding hydrogens is 272 g/mol. The van der Waals surface area contributed by atoms with Crippen molar-refractivity contribution in [2.75, 3.05) is 0 Å². The predicted molar refractivity (Wildman–Crippen MR) is 67.3 cm³/mol. The highest BCUT2D eigenvalue weighted by Gasteiger charge is 2.26. The molecular formula is C13H15F2NO4. The average molecular weight is 287 g/mol. The van der Waals surface area contributed by atoms with E-state index < -0.39 is 39.9 Å². The molecule has 0 aromatic heterocycles. The number of nitrogens with zero attached hydrogens (tertiary/aromatic N) is 1. The molecule has 7 heteroatoms. The fraction of sp³-hybridized carbons (Fsp3) is 0.462. The van der Waals surface area contributed by atoms with Crippen LogP contribution >= 0.6 is 0 Å². The van der Waals surface area contributed by atoms with Crippen LogP contribution in [0.1, 0.15) is 37.6 Å². The largest absolute Gasteiger partial charge is 0.459 e. The second kappa shape index (κ2) is 6.40. The third-order valence-electron chi connectivity index (χ3n) is 2.57. The average Bonchev–Trinajstić information content (AvgIpc) is 2.30. The molecule has 0 saturated heterocycles. The van der Waals surface area contributed by atoms with Gasteiger partial charge in [-0.1, -0.05) is 13.8 Å². The van der Waals surface area contributed by atoms with Crippen LogP contribution in [-0.2, 0) is 4.74 Å². The van der Waals surface area contributed by atoms with Gasteiger partial charge in [-0.05, 0) is 25.3 Å². The molecule has 0 spiro atoms. The number of hydrogen-bond acceptors (Lipinski definition) is 4. The van der Waals surface area contributed by atoms with Gasteiger partial charge in [0.05, 0.1) is 17.1 Å². The maximum atomic E-state index is 13.1. The summed E-state index contributed by atoms with van der Waals surface area (Å²) in [4.78, 5) is 21.6. The van der Waals surface area contributed by atoms with Crippen LogP contribution in [0, 0.1) is 27.7 Å². The quantitative estimate of drug-likeness (QED) is 0.472. The lowest BCUT2D eigenvalue weighted by Gasteiger charge is -2.15. The normalized spacial score (nSPS) is 12.3. The summed E-state index contributed by atoms with van der Waals surface area (Å²) < 4.78 is 31.1. The molecule has 0 N–H and O–H groups in total. The number of halogens is 2. The molecule has 1 unspecified atom stereocenters. The first-order chi connectivity index (χ1) is 9.22. The van der Waals surface area contributed by atoms with Gasteiger partial charge < -0.3 is 4.74 Å². The monoisotopic (exact) mass is 287 g/mol. The number of esters is 1. The van der Waals surface area contributed by atoms with Crippen LogP contribution in [0.4, 0.5) is 14.5 Å². The van der Waals surface area contributed by atoms with Gasteiger partial charge >= 0.3 is 5.97 Å². The number of rotatable bonds is 5. The number of ether oxygens (including phenoxy) is 1. The van der Waals surface area contributed by atoms with Gasteiger partial charge in [-0.2, -0.15) is 0 Å². The van der Waals surface area contributed by atoms with Crippen molar-refractivity contribution in [1.82, 2.24) is 0 Å². The molecule has 0 radical (unpaired) electrons. The molecule has 0 aliphatic rings. The Balaban J connectivity index is 3.03. The fourth-order valence-corrected chi connectivity index (χ4v) is 1.81. The highest BCUT2D eigenvalue weighted by molar-refractivity contribution is 5.94. The van der Waals surface area contributed by atoms with E-state index in [2.05, 4.69) is 0 Å². The van der Waals surface area contributed by atoms with Gasteiger partial charge in [0.2, 0.25) is 0 Å². The van der Waals surface area contributed by atoms with Crippen LogP contribution in [-0.4, -0.2) is 17.0 Å². The van der Waals surface area contributed by atoms with Crippen molar-refractivity contribution in [3.63, 3.8) is 0 Å². The highest BCUT2D eigenvalue weighted by atomic mass is 19.2. The Morgan fingerprint density at radius 3 is 2.35 bits per heavy atom. The Bertz CT molecular complexity index is 531. The summed E-state index contributed by atoms with van der Waals surface area (Å²) in [6, 6.07) is 0.858. The summed E-state index contributed by atoms with van der Waals surface area (Å²) in [7, 11) is 0. The molecule has 1 aromatic carbocycles. The second-order valence-corrected chi connectivity index (χ2v) is 4.89. The summed E-state index contributed by atoms with van der Waals surface area (Å²) in [5, 5.41) is 10.8. The fourth-order valence-electron chi connectivity index (χ4n) is 1.81. The molecule has 0 amide bonds. The lowest BCUT2D eigenvalue weighted by molar-refractivity contribution is -0.385. The van der Waals surface area contributed by atoms with Gasteiger partial charge in [-0.3, -0.25) is 10.1 Å². The minimum absolute atomic E-state index is 0.262. The minimum atomic E-state index is -1.39.